The van der Waals surface area contributed by atoms with Crippen molar-refractivity contribution in [3.63, 3.8) is 0 Å². The Bertz CT molecular complexity index is 477. The Balaban J connectivity index is 1.61. The van der Waals surface area contributed by atoms with Crippen molar-refractivity contribution in [2.75, 3.05) is 32.7 Å². The van der Waals surface area contributed by atoms with Crippen molar-refractivity contribution in [1.29, 1.82) is 0 Å². The molecule has 2 aliphatic rings. The number of ketones is 1. The number of carbonyl (C=O) groups excluding carboxylic acids is 1. The van der Waals surface area contributed by atoms with Gasteiger partial charge in [-0.15, -0.1) is 0 Å². The van der Waals surface area contributed by atoms with Crippen LogP contribution in [0.1, 0.15) is 23.2 Å². The first-order valence-electron chi connectivity index (χ1n) is 6.97. The molecule has 0 saturated carbocycles. The molecule has 0 radical (unpaired) electrons. The molecule has 0 aliphatic carbocycles. The molecule has 0 N–H and O–H groups in total. The lowest BCUT2D eigenvalue weighted by molar-refractivity contribution is 0.0784. The zero-order valence-corrected chi connectivity index (χ0v) is 11.0. The van der Waals surface area contributed by atoms with Crippen molar-refractivity contribution < 1.29 is 9.18 Å². The molecule has 19 heavy (non-hydrogen) atoms. The van der Waals surface area contributed by atoms with Gasteiger partial charge in [-0.1, -0.05) is 12.1 Å². The van der Waals surface area contributed by atoms with Crippen molar-refractivity contribution >= 4 is 5.78 Å². The first kappa shape index (κ1) is 12.8. The van der Waals surface area contributed by atoms with Gasteiger partial charge in [-0.25, -0.2) is 4.39 Å². The Morgan fingerprint density at radius 2 is 2.21 bits per heavy atom. The molecule has 1 atom stereocenters. The molecule has 2 heterocycles. The van der Waals surface area contributed by atoms with E-state index in [1.807, 2.05) is 0 Å². The number of Topliss-reactive ketones (excluding diaryl/α,β-unsaturated/α-hetero) is 1. The normalized spacial score (nSPS) is 24.4. The van der Waals surface area contributed by atoms with Crippen molar-refractivity contribution in [2.24, 2.45) is 0 Å². The summed E-state index contributed by atoms with van der Waals surface area (Å²) in [4.78, 5) is 16.9. The van der Waals surface area contributed by atoms with E-state index in [0.29, 0.717) is 18.2 Å². The fourth-order valence-electron chi connectivity index (χ4n) is 3.16. The Labute approximate surface area is 113 Å². The lowest BCUT2D eigenvalue weighted by Crippen LogP contribution is -2.51. The van der Waals surface area contributed by atoms with Crippen LogP contribution in [0.4, 0.5) is 4.39 Å². The molecule has 4 heteroatoms. The summed E-state index contributed by atoms with van der Waals surface area (Å²) in [6, 6.07) is 6.60. The van der Waals surface area contributed by atoms with Crippen molar-refractivity contribution in [1.82, 2.24) is 9.80 Å². The number of nitrogens with zero attached hydrogens (tertiary/aromatic N) is 2. The van der Waals surface area contributed by atoms with E-state index in [4.69, 9.17) is 0 Å². The van der Waals surface area contributed by atoms with Crippen LogP contribution in [-0.4, -0.2) is 54.3 Å². The minimum absolute atomic E-state index is 0.0194. The van der Waals surface area contributed by atoms with Crippen LogP contribution in [0.25, 0.3) is 0 Å². The highest BCUT2D eigenvalue weighted by molar-refractivity contribution is 5.97. The van der Waals surface area contributed by atoms with Gasteiger partial charge >= 0.3 is 0 Å². The van der Waals surface area contributed by atoms with Gasteiger partial charge in [-0.2, -0.15) is 0 Å². The molecule has 102 valence electrons. The predicted octanol–water partition coefficient (Wildman–Crippen LogP) is 1.79. The van der Waals surface area contributed by atoms with Crippen LogP contribution in [0.3, 0.4) is 0 Å². The third kappa shape index (κ3) is 2.85. The van der Waals surface area contributed by atoms with Crippen LogP contribution in [0, 0.1) is 5.82 Å². The molecule has 2 fully saturated rings. The van der Waals surface area contributed by atoms with Gasteiger partial charge < -0.3 is 0 Å². The summed E-state index contributed by atoms with van der Waals surface area (Å²) in [7, 11) is 0. The summed E-state index contributed by atoms with van der Waals surface area (Å²) < 4.78 is 13.1. The van der Waals surface area contributed by atoms with Crippen LogP contribution in [0.15, 0.2) is 24.3 Å². The van der Waals surface area contributed by atoms with Crippen LogP contribution in [-0.2, 0) is 0 Å². The van der Waals surface area contributed by atoms with E-state index < -0.39 is 0 Å². The molecule has 1 aromatic rings. The molecular formula is C15H19FN2O. The monoisotopic (exact) mass is 262 g/mol. The fourth-order valence-corrected chi connectivity index (χ4v) is 3.16. The van der Waals surface area contributed by atoms with Gasteiger partial charge in [0.15, 0.2) is 5.78 Å². The van der Waals surface area contributed by atoms with Crippen molar-refractivity contribution in [3.8, 4) is 0 Å². The quantitative estimate of drug-likeness (QED) is 0.776. The van der Waals surface area contributed by atoms with Gasteiger partial charge in [0.25, 0.3) is 0 Å². The van der Waals surface area contributed by atoms with Crippen LogP contribution < -0.4 is 0 Å². The number of hydrogen-bond donors (Lipinski definition) is 0. The van der Waals surface area contributed by atoms with Crippen LogP contribution in [0.2, 0.25) is 0 Å². The third-order valence-corrected chi connectivity index (χ3v) is 4.19. The minimum Gasteiger partial charge on any atom is -0.298 e. The van der Waals surface area contributed by atoms with Crippen molar-refractivity contribution in [3.05, 3.63) is 35.6 Å². The summed E-state index contributed by atoms with van der Waals surface area (Å²) in [5, 5.41) is 0. The van der Waals surface area contributed by atoms with Gasteiger partial charge in [0, 0.05) is 31.2 Å². The number of carbonyl (C=O) groups is 1. The molecule has 0 aromatic heterocycles. The molecule has 0 amide bonds. The van der Waals surface area contributed by atoms with Crippen LogP contribution >= 0.6 is 0 Å². The molecule has 1 unspecified atom stereocenters. The summed E-state index contributed by atoms with van der Waals surface area (Å²) >= 11 is 0. The maximum atomic E-state index is 13.1. The molecule has 2 saturated heterocycles. The van der Waals surface area contributed by atoms with E-state index >= 15 is 0 Å². The smallest absolute Gasteiger partial charge is 0.176 e. The third-order valence-electron chi connectivity index (χ3n) is 4.19. The second kappa shape index (κ2) is 5.39. The Hall–Kier alpha value is -1.26. The van der Waals surface area contributed by atoms with Gasteiger partial charge in [-0.3, -0.25) is 14.6 Å². The number of benzene rings is 1. The molecule has 3 nitrogen and oxygen atoms in total. The van der Waals surface area contributed by atoms with E-state index in [0.717, 1.165) is 19.6 Å². The highest BCUT2D eigenvalue weighted by atomic mass is 19.1. The lowest BCUT2D eigenvalue weighted by atomic mass is 10.1. The van der Waals surface area contributed by atoms with Crippen LogP contribution in [0.5, 0.6) is 0 Å². The molecular weight excluding hydrogens is 243 g/mol. The molecule has 0 spiro atoms. The molecule has 0 bridgehead atoms. The van der Waals surface area contributed by atoms with Gasteiger partial charge in [0.2, 0.25) is 0 Å². The summed E-state index contributed by atoms with van der Waals surface area (Å²) in [6.45, 7) is 4.59. The number of halogens is 1. The van der Waals surface area contributed by atoms with Gasteiger partial charge in [-0.05, 0) is 31.5 Å². The average molecular weight is 262 g/mol. The number of hydrogen-bond acceptors (Lipinski definition) is 3. The second-order valence-electron chi connectivity index (χ2n) is 5.50. The fraction of sp³-hybridized carbons (Fsp3) is 0.533. The second-order valence-corrected chi connectivity index (χ2v) is 5.50. The highest BCUT2D eigenvalue weighted by Gasteiger charge is 2.31. The van der Waals surface area contributed by atoms with E-state index in [-0.39, 0.29) is 11.6 Å². The Kier molecular flexibility index (Phi) is 3.62. The maximum Gasteiger partial charge on any atom is 0.176 e. The van der Waals surface area contributed by atoms with E-state index in [1.54, 1.807) is 12.1 Å². The highest BCUT2D eigenvalue weighted by Crippen LogP contribution is 2.21. The Morgan fingerprint density at radius 1 is 1.32 bits per heavy atom. The van der Waals surface area contributed by atoms with E-state index in [2.05, 4.69) is 9.80 Å². The van der Waals surface area contributed by atoms with E-state index in [9.17, 15) is 9.18 Å². The molecule has 2 aliphatic heterocycles. The van der Waals surface area contributed by atoms with Gasteiger partial charge in [0.1, 0.15) is 5.82 Å². The predicted molar refractivity (Wildman–Crippen MR) is 71.8 cm³/mol. The first-order chi connectivity index (χ1) is 9.22. The largest absolute Gasteiger partial charge is 0.298 e. The number of fused-ring (bicyclic) bond motifs is 1. The van der Waals surface area contributed by atoms with Gasteiger partial charge in [0.05, 0.1) is 6.54 Å². The van der Waals surface area contributed by atoms with Crippen molar-refractivity contribution in [2.45, 2.75) is 18.9 Å². The van der Waals surface area contributed by atoms with E-state index in [1.165, 1.54) is 31.5 Å². The molecule has 1 aromatic carbocycles. The zero-order chi connectivity index (χ0) is 13.2. The summed E-state index contributed by atoms with van der Waals surface area (Å²) in [6.07, 6.45) is 2.51. The average Bonchev–Trinajstić information content (AvgIpc) is 2.86. The number of rotatable bonds is 3. The summed E-state index contributed by atoms with van der Waals surface area (Å²) in [5.74, 6) is -0.322. The molecule has 3 rings (SSSR count). The maximum absolute atomic E-state index is 13.1. The summed E-state index contributed by atoms with van der Waals surface area (Å²) in [5.41, 5.74) is 0.480. The minimum atomic E-state index is -0.341. The number of piperazine rings is 1. The lowest BCUT2D eigenvalue weighted by Gasteiger charge is -2.37. The topological polar surface area (TPSA) is 23.6 Å². The SMILES string of the molecule is O=C(CN1CCN2CCCC2C1)c1cccc(F)c1. The standard InChI is InChI=1S/C15H19FN2O/c16-13-4-1-3-12(9-13)15(19)11-17-7-8-18-6-2-5-14(18)10-17/h1,3-4,9,14H,2,5-8,10-11H2. The first-order valence-corrected chi connectivity index (χ1v) is 6.97. The Morgan fingerprint density at radius 3 is 3.05 bits per heavy atom. The zero-order valence-electron chi connectivity index (χ0n) is 11.0.